The molecule has 32 heavy (non-hydrogen) atoms. The van der Waals surface area contributed by atoms with Crippen LogP contribution in [0.1, 0.15) is 53.6 Å². The predicted molar refractivity (Wildman–Crippen MR) is 122 cm³/mol. The van der Waals surface area contributed by atoms with Crippen molar-refractivity contribution in [2.24, 2.45) is 5.92 Å². The molecule has 1 aliphatic rings. The number of para-hydroxylation sites is 1. The first kappa shape index (κ1) is 22.1. The van der Waals surface area contributed by atoms with Crippen molar-refractivity contribution in [1.29, 1.82) is 0 Å². The number of rotatable bonds is 7. The highest BCUT2D eigenvalue weighted by molar-refractivity contribution is 7.14. The van der Waals surface area contributed by atoms with Gasteiger partial charge in [-0.2, -0.15) is 0 Å². The summed E-state index contributed by atoms with van der Waals surface area (Å²) in [5, 5.41) is 17.0. The summed E-state index contributed by atoms with van der Waals surface area (Å²) in [4.78, 5) is 13.7. The van der Waals surface area contributed by atoms with Crippen LogP contribution in [-0.2, 0) is 0 Å². The number of aromatic hydroxyl groups is 1. The fourth-order valence-corrected chi connectivity index (χ4v) is 4.73. The first-order valence-electron chi connectivity index (χ1n) is 10.6. The molecule has 0 spiro atoms. The lowest BCUT2D eigenvalue weighted by Gasteiger charge is -2.22. The van der Waals surface area contributed by atoms with Gasteiger partial charge in [-0.25, -0.2) is 0 Å². The summed E-state index contributed by atoms with van der Waals surface area (Å²) >= 11 is -1.79. The van der Waals surface area contributed by atoms with Crippen LogP contribution in [0.3, 0.4) is 0 Å². The van der Waals surface area contributed by atoms with E-state index < -0.39 is 11.1 Å². The van der Waals surface area contributed by atoms with E-state index in [0.717, 1.165) is 37.2 Å². The standard InChI is InChI=1S/C22H27N5O4S/c1-13-11-12-17(31-13)18(14-7-4-5-8-14)24-21-20(25-32(30)26-21)23-16-10-6-9-15(19(16)28)22(29)27(2)3/h6,9-12,14,18,28H,4-5,7-8H2,1-3H3,(H,23,25)(H,24,26). The monoisotopic (exact) mass is 457 g/mol. The molecule has 0 saturated heterocycles. The van der Waals surface area contributed by atoms with Crippen molar-refractivity contribution < 1.29 is 18.9 Å². The predicted octanol–water partition coefficient (Wildman–Crippen LogP) is 4.60. The maximum absolute atomic E-state index is 12.3. The Morgan fingerprint density at radius 3 is 2.59 bits per heavy atom. The van der Waals surface area contributed by atoms with Gasteiger partial charge in [0.05, 0.1) is 17.3 Å². The minimum atomic E-state index is -1.79. The van der Waals surface area contributed by atoms with E-state index in [1.807, 2.05) is 19.1 Å². The van der Waals surface area contributed by atoms with Crippen LogP contribution in [0.15, 0.2) is 34.7 Å². The summed E-state index contributed by atoms with van der Waals surface area (Å²) in [6.45, 7) is 1.90. The molecular formula is C22H27N5O4S. The molecule has 3 N–H and O–H groups in total. The molecule has 1 saturated carbocycles. The van der Waals surface area contributed by atoms with Gasteiger partial charge >= 0.3 is 0 Å². The molecule has 0 bridgehead atoms. The van der Waals surface area contributed by atoms with Gasteiger partial charge in [0.2, 0.25) is 11.6 Å². The fraction of sp³-hybridized carbons (Fsp3) is 0.409. The van der Waals surface area contributed by atoms with Crippen molar-refractivity contribution in [2.45, 2.75) is 38.6 Å². The van der Waals surface area contributed by atoms with Crippen LogP contribution in [0.5, 0.6) is 5.75 Å². The number of phenols is 1. The molecule has 9 nitrogen and oxygen atoms in total. The van der Waals surface area contributed by atoms with E-state index in [1.54, 1.807) is 32.3 Å². The van der Waals surface area contributed by atoms with E-state index in [0.29, 0.717) is 11.7 Å². The number of hydrogen-bond donors (Lipinski definition) is 3. The van der Waals surface area contributed by atoms with Crippen molar-refractivity contribution in [2.75, 3.05) is 24.7 Å². The number of hydrogen-bond acceptors (Lipinski definition) is 8. The first-order chi connectivity index (χ1) is 15.3. The van der Waals surface area contributed by atoms with E-state index in [4.69, 9.17) is 4.42 Å². The summed E-state index contributed by atoms with van der Waals surface area (Å²) in [7, 11) is 3.22. The topological polar surface area (TPSA) is 127 Å². The SMILES string of the molecule is Cc1ccc(C(Nc2n[s+]([O-])nc2Nc2cccc(C(=O)N(C)C)c2O)C2CCCC2)o1. The van der Waals surface area contributed by atoms with Crippen LogP contribution in [0.25, 0.3) is 0 Å². The van der Waals surface area contributed by atoms with Gasteiger partial charge in [-0.05, 0) is 49.9 Å². The highest BCUT2D eigenvalue weighted by atomic mass is 32.2. The van der Waals surface area contributed by atoms with Gasteiger partial charge in [0, 0.05) is 22.8 Å². The number of carbonyl (C=O) groups is 1. The van der Waals surface area contributed by atoms with Crippen molar-refractivity contribution >= 4 is 34.4 Å². The minimum Gasteiger partial charge on any atom is -0.546 e. The number of furan rings is 1. The van der Waals surface area contributed by atoms with E-state index in [2.05, 4.69) is 19.4 Å². The van der Waals surface area contributed by atoms with Crippen molar-refractivity contribution in [3.05, 3.63) is 47.4 Å². The van der Waals surface area contributed by atoms with Crippen LogP contribution in [0.2, 0.25) is 0 Å². The molecule has 1 fully saturated rings. The maximum atomic E-state index is 12.3. The Bertz CT molecular complexity index is 1100. The minimum absolute atomic E-state index is 0.137. The second-order valence-corrected chi connectivity index (χ2v) is 9.08. The van der Waals surface area contributed by atoms with Crippen molar-refractivity contribution in [3.63, 3.8) is 0 Å². The normalized spacial score (nSPS) is 15.6. The van der Waals surface area contributed by atoms with Crippen LogP contribution in [-0.4, -0.2) is 43.3 Å². The number of benzene rings is 1. The van der Waals surface area contributed by atoms with Crippen LogP contribution in [0, 0.1) is 12.8 Å². The van der Waals surface area contributed by atoms with Gasteiger partial charge in [0.15, 0.2) is 16.9 Å². The largest absolute Gasteiger partial charge is 0.546 e. The maximum Gasteiger partial charge on any atom is 0.257 e. The van der Waals surface area contributed by atoms with Gasteiger partial charge in [0.25, 0.3) is 5.91 Å². The summed E-state index contributed by atoms with van der Waals surface area (Å²) in [6, 6.07) is 8.55. The average Bonchev–Trinajstić information content (AvgIpc) is 3.49. The molecule has 170 valence electrons. The Kier molecular flexibility index (Phi) is 6.33. The molecule has 1 amide bonds. The lowest BCUT2D eigenvalue weighted by atomic mass is 9.96. The van der Waals surface area contributed by atoms with Gasteiger partial charge in [0.1, 0.15) is 11.5 Å². The lowest BCUT2D eigenvalue weighted by Crippen LogP contribution is -2.21. The Morgan fingerprint density at radius 1 is 1.22 bits per heavy atom. The highest BCUT2D eigenvalue weighted by Crippen LogP contribution is 2.41. The highest BCUT2D eigenvalue weighted by Gasteiger charge is 2.31. The number of aromatic nitrogens is 2. The lowest BCUT2D eigenvalue weighted by molar-refractivity contribution is 0.0824. The number of nitrogens with zero attached hydrogens (tertiary/aromatic N) is 3. The zero-order valence-electron chi connectivity index (χ0n) is 18.3. The Labute approximate surface area is 189 Å². The third-order valence-corrected chi connectivity index (χ3v) is 6.40. The van der Waals surface area contributed by atoms with Crippen LogP contribution in [0.4, 0.5) is 17.3 Å². The summed E-state index contributed by atoms with van der Waals surface area (Å²) in [5.41, 5.74) is 0.428. The third kappa shape index (κ3) is 4.56. The molecule has 0 radical (unpaired) electrons. The number of phenolic OH excluding ortho intramolecular Hbond substituents is 1. The quantitative estimate of drug-likeness (QED) is 0.347. The first-order valence-corrected chi connectivity index (χ1v) is 11.6. The second-order valence-electron chi connectivity index (χ2n) is 8.25. The van der Waals surface area contributed by atoms with Gasteiger partial charge in [-0.3, -0.25) is 4.79 Å². The second kappa shape index (κ2) is 9.17. The zero-order chi connectivity index (χ0) is 22.8. The molecule has 0 aliphatic heterocycles. The Hall–Kier alpha value is -3.11. The summed E-state index contributed by atoms with van der Waals surface area (Å²) in [6.07, 6.45) is 4.42. The smallest absolute Gasteiger partial charge is 0.257 e. The number of anilines is 3. The molecular weight excluding hydrogens is 430 g/mol. The number of carbonyl (C=O) groups excluding carboxylic acids is 1. The van der Waals surface area contributed by atoms with Crippen molar-refractivity contribution in [1.82, 2.24) is 13.6 Å². The van der Waals surface area contributed by atoms with E-state index in [9.17, 15) is 14.5 Å². The average molecular weight is 458 g/mol. The number of nitrogens with one attached hydrogen (secondary N) is 2. The molecule has 10 heteroatoms. The van der Waals surface area contributed by atoms with Crippen LogP contribution < -0.4 is 10.6 Å². The zero-order valence-corrected chi connectivity index (χ0v) is 19.1. The fourth-order valence-electron chi connectivity index (χ4n) is 4.11. The van der Waals surface area contributed by atoms with Gasteiger partial charge < -0.3 is 29.6 Å². The van der Waals surface area contributed by atoms with E-state index >= 15 is 0 Å². The van der Waals surface area contributed by atoms with Gasteiger partial charge in [-0.1, -0.05) is 18.9 Å². The van der Waals surface area contributed by atoms with E-state index in [1.165, 1.54) is 4.90 Å². The molecule has 2 atom stereocenters. The summed E-state index contributed by atoms with van der Waals surface area (Å²) < 4.78 is 26.3. The molecule has 3 aromatic rings. The van der Waals surface area contributed by atoms with Gasteiger partial charge in [-0.15, -0.1) is 0 Å². The number of amides is 1. The third-order valence-electron chi connectivity index (χ3n) is 5.72. The molecule has 1 aromatic carbocycles. The van der Waals surface area contributed by atoms with Crippen molar-refractivity contribution in [3.8, 4) is 5.75 Å². The molecule has 2 unspecified atom stereocenters. The molecule has 2 heterocycles. The van der Waals surface area contributed by atoms with Crippen LogP contribution >= 0.6 is 11.1 Å². The Balaban J connectivity index is 1.63. The molecule has 4 rings (SSSR count). The van der Waals surface area contributed by atoms with E-state index in [-0.39, 0.29) is 34.8 Å². The Morgan fingerprint density at radius 2 is 1.94 bits per heavy atom. The molecule has 2 aromatic heterocycles. The number of aryl methyl sites for hydroxylation is 1. The summed E-state index contributed by atoms with van der Waals surface area (Å²) in [5.74, 6) is 2.01. The molecule has 1 aliphatic carbocycles.